The van der Waals surface area contributed by atoms with Crippen LogP contribution in [0.1, 0.15) is 0 Å². The highest BCUT2D eigenvalue weighted by atomic mass is 35.5. The fourth-order valence-electron chi connectivity index (χ4n) is 7.99. The van der Waals surface area contributed by atoms with Crippen molar-refractivity contribution in [3.63, 3.8) is 0 Å². The molecule has 11 rings (SSSR count). The molecule has 55 heavy (non-hydrogen) atoms. The molecule has 0 spiro atoms. The normalized spacial score (nSPS) is 11.7. The van der Waals surface area contributed by atoms with Crippen LogP contribution in [0, 0.1) is 0 Å². The van der Waals surface area contributed by atoms with Crippen LogP contribution in [0.4, 0.5) is 17.1 Å². The van der Waals surface area contributed by atoms with Crippen molar-refractivity contribution in [3.05, 3.63) is 187 Å². The van der Waals surface area contributed by atoms with Gasteiger partial charge in [-0.25, -0.2) is 4.98 Å². The maximum absolute atomic E-state index is 7.78. The number of hydrogen-bond donors (Lipinski definition) is 0. The smallest absolute Gasteiger partial charge is 0.163 e. The van der Waals surface area contributed by atoms with Crippen molar-refractivity contribution >= 4 is 83.6 Å². The first-order valence-electron chi connectivity index (χ1n) is 18.2. The first-order valence-corrected chi connectivity index (χ1v) is 18.6. The third kappa shape index (κ3) is 4.98. The van der Waals surface area contributed by atoms with Crippen molar-refractivity contribution < 1.29 is 8.83 Å². The zero-order valence-electron chi connectivity index (χ0n) is 29.4. The minimum Gasteiger partial charge on any atom is -0.456 e. The summed E-state index contributed by atoms with van der Waals surface area (Å²) in [4.78, 5) is 7.54. The molecule has 0 saturated carbocycles. The highest BCUT2D eigenvalue weighted by Crippen LogP contribution is 2.47. The maximum Gasteiger partial charge on any atom is 0.163 e. The van der Waals surface area contributed by atoms with Crippen molar-refractivity contribution in [2.45, 2.75) is 0 Å². The van der Waals surface area contributed by atoms with E-state index in [2.05, 4.69) is 131 Å². The summed E-state index contributed by atoms with van der Waals surface area (Å²) in [6.07, 6.45) is 0. The minimum atomic E-state index is 0.566. The predicted molar refractivity (Wildman–Crippen MR) is 226 cm³/mol. The van der Waals surface area contributed by atoms with Crippen LogP contribution >= 0.6 is 11.6 Å². The molecule has 6 heteroatoms. The van der Waals surface area contributed by atoms with Gasteiger partial charge in [0.05, 0.1) is 27.6 Å². The molecule has 0 N–H and O–H groups in total. The molecule has 11 aromatic rings. The third-order valence-corrected chi connectivity index (χ3v) is 10.9. The summed E-state index contributed by atoms with van der Waals surface area (Å²) in [6.45, 7) is 0. The summed E-state index contributed by atoms with van der Waals surface area (Å²) in [5, 5.41) is 4.79. The predicted octanol–water partition coefficient (Wildman–Crippen LogP) is 14.3. The van der Waals surface area contributed by atoms with Gasteiger partial charge >= 0.3 is 0 Å². The Morgan fingerprint density at radius 3 is 1.91 bits per heavy atom. The van der Waals surface area contributed by atoms with E-state index in [9.17, 15) is 0 Å². The molecule has 0 atom stereocenters. The van der Waals surface area contributed by atoms with Gasteiger partial charge in [0.1, 0.15) is 28.1 Å². The molecule has 0 radical (unpaired) electrons. The number of para-hydroxylation sites is 3. The second-order valence-electron chi connectivity index (χ2n) is 13.7. The highest BCUT2D eigenvalue weighted by Gasteiger charge is 2.25. The standard InChI is InChI=1S/C49H30ClN3O2/c50-46-40(52(39-21-10-7-18-34(39)31-14-3-1-4-15-31)33-26-27-37-35-19-8-11-24-43(35)54-45(37)30-33)22-13-23-41(46)53-42-29-28-38-36-20-9-12-25-44(36)55-48(38)47(42)51-49(53)32-16-5-2-6-17-32/h1-30H. The highest BCUT2D eigenvalue weighted by molar-refractivity contribution is 6.35. The summed E-state index contributed by atoms with van der Waals surface area (Å²) >= 11 is 7.78. The molecule has 0 aliphatic heterocycles. The van der Waals surface area contributed by atoms with Gasteiger partial charge in [-0.2, -0.15) is 0 Å². The van der Waals surface area contributed by atoms with Gasteiger partial charge in [-0.1, -0.05) is 133 Å². The fourth-order valence-corrected chi connectivity index (χ4v) is 8.29. The van der Waals surface area contributed by atoms with Crippen LogP contribution < -0.4 is 4.90 Å². The molecule has 5 nitrogen and oxygen atoms in total. The first-order chi connectivity index (χ1) is 27.2. The average Bonchev–Trinajstić information content (AvgIpc) is 3.94. The number of furan rings is 2. The van der Waals surface area contributed by atoms with Gasteiger partial charge in [0.25, 0.3) is 0 Å². The number of anilines is 3. The van der Waals surface area contributed by atoms with Gasteiger partial charge < -0.3 is 13.7 Å². The van der Waals surface area contributed by atoms with E-state index in [-0.39, 0.29) is 0 Å². The average molecular weight is 728 g/mol. The van der Waals surface area contributed by atoms with Gasteiger partial charge in [0, 0.05) is 44.4 Å². The van der Waals surface area contributed by atoms with Crippen LogP contribution in [-0.4, -0.2) is 9.55 Å². The lowest BCUT2D eigenvalue weighted by molar-refractivity contribution is 0.669. The summed E-state index contributed by atoms with van der Waals surface area (Å²) in [5.41, 5.74) is 11.5. The van der Waals surface area contributed by atoms with E-state index >= 15 is 0 Å². The Balaban J connectivity index is 1.18. The molecule has 0 saturated heterocycles. The molecular formula is C49H30ClN3O2. The van der Waals surface area contributed by atoms with E-state index in [0.717, 1.165) is 100 Å². The van der Waals surface area contributed by atoms with Crippen LogP contribution in [0.2, 0.25) is 5.02 Å². The minimum absolute atomic E-state index is 0.566. The Morgan fingerprint density at radius 2 is 1.11 bits per heavy atom. The van der Waals surface area contributed by atoms with Gasteiger partial charge in [-0.05, 0) is 60.2 Å². The van der Waals surface area contributed by atoms with Crippen molar-refractivity contribution in [1.82, 2.24) is 9.55 Å². The van der Waals surface area contributed by atoms with E-state index in [4.69, 9.17) is 25.4 Å². The van der Waals surface area contributed by atoms with Gasteiger partial charge in [-0.15, -0.1) is 0 Å². The van der Waals surface area contributed by atoms with Crippen LogP contribution in [0.15, 0.2) is 191 Å². The van der Waals surface area contributed by atoms with Crippen LogP contribution in [-0.2, 0) is 0 Å². The zero-order chi connectivity index (χ0) is 36.5. The lowest BCUT2D eigenvalue weighted by Gasteiger charge is -2.29. The summed E-state index contributed by atoms with van der Waals surface area (Å²) in [6, 6.07) is 62.3. The fraction of sp³-hybridized carbons (Fsp3) is 0. The van der Waals surface area contributed by atoms with Gasteiger partial charge in [0.2, 0.25) is 0 Å². The molecule has 0 aliphatic carbocycles. The zero-order valence-corrected chi connectivity index (χ0v) is 30.1. The van der Waals surface area contributed by atoms with Crippen molar-refractivity contribution in [2.75, 3.05) is 4.90 Å². The number of fused-ring (bicyclic) bond motifs is 8. The molecule has 3 heterocycles. The lowest BCUT2D eigenvalue weighted by atomic mass is 10.0. The molecule has 8 aromatic carbocycles. The van der Waals surface area contributed by atoms with Crippen LogP contribution in [0.5, 0.6) is 0 Å². The number of imidazole rings is 1. The Morgan fingerprint density at radius 1 is 0.491 bits per heavy atom. The molecule has 3 aromatic heterocycles. The summed E-state index contributed by atoms with van der Waals surface area (Å²) < 4.78 is 15.1. The molecular weight excluding hydrogens is 698 g/mol. The first kappa shape index (κ1) is 31.4. The molecule has 0 unspecified atom stereocenters. The van der Waals surface area contributed by atoms with E-state index in [1.807, 2.05) is 60.7 Å². The van der Waals surface area contributed by atoms with Crippen LogP contribution in [0.25, 0.3) is 83.1 Å². The monoisotopic (exact) mass is 727 g/mol. The third-order valence-electron chi connectivity index (χ3n) is 10.5. The molecule has 0 bridgehead atoms. The van der Waals surface area contributed by atoms with Gasteiger partial charge in [-0.3, -0.25) is 4.57 Å². The largest absolute Gasteiger partial charge is 0.456 e. The number of nitrogens with zero attached hydrogens (tertiary/aromatic N) is 3. The van der Waals surface area contributed by atoms with E-state index < -0.39 is 0 Å². The quantitative estimate of drug-likeness (QED) is 0.171. The van der Waals surface area contributed by atoms with Crippen LogP contribution in [0.3, 0.4) is 0 Å². The van der Waals surface area contributed by atoms with Gasteiger partial charge in [0.15, 0.2) is 5.58 Å². The van der Waals surface area contributed by atoms with Crippen molar-refractivity contribution in [1.29, 1.82) is 0 Å². The lowest BCUT2D eigenvalue weighted by Crippen LogP contribution is -2.13. The SMILES string of the molecule is Clc1c(N(c2ccc3c(c2)oc2ccccc23)c2ccccc2-c2ccccc2)cccc1-n1c(-c2ccccc2)nc2c3oc4ccccc4c3ccc21. The second kappa shape index (κ2) is 12.5. The topological polar surface area (TPSA) is 47.3 Å². The summed E-state index contributed by atoms with van der Waals surface area (Å²) in [7, 11) is 0. The second-order valence-corrected chi connectivity index (χ2v) is 14.0. The Kier molecular flexibility index (Phi) is 7.15. The number of hydrogen-bond acceptors (Lipinski definition) is 4. The Bertz CT molecular complexity index is 3230. The summed E-state index contributed by atoms with van der Waals surface area (Å²) in [5.74, 6) is 0.766. The molecule has 0 fully saturated rings. The molecule has 0 amide bonds. The van der Waals surface area contributed by atoms with E-state index in [1.54, 1.807) is 0 Å². The number of aromatic nitrogens is 2. The molecule has 0 aliphatic rings. The Hall–Kier alpha value is -7.08. The maximum atomic E-state index is 7.78. The number of halogens is 1. The van der Waals surface area contributed by atoms with E-state index in [0.29, 0.717) is 5.02 Å². The number of rotatable bonds is 6. The van der Waals surface area contributed by atoms with Crippen molar-refractivity contribution in [2.24, 2.45) is 0 Å². The Labute approximate surface area is 320 Å². The van der Waals surface area contributed by atoms with Crippen molar-refractivity contribution in [3.8, 4) is 28.2 Å². The van der Waals surface area contributed by atoms with E-state index in [1.165, 1.54) is 0 Å². The number of benzene rings is 8. The molecule has 260 valence electrons.